The van der Waals surface area contributed by atoms with Crippen molar-refractivity contribution in [2.45, 2.75) is 112 Å². The summed E-state index contributed by atoms with van der Waals surface area (Å²) in [6.07, 6.45) is 5.12. The first kappa shape index (κ1) is 28.2. The van der Waals surface area contributed by atoms with Gasteiger partial charge in [-0.15, -0.1) is 0 Å². The van der Waals surface area contributed by atoms with Gasteiger partial charge in [0, 0.05) is 0 Å². The molecule has 0 bridgehead atoms. The number of hydrogen-bond acceptors (Lipinski definition) is 5. The van der Waals surface area contributed by atoms with Gasteiger partial charge in [-0.3, -0.25) is 4.79 Å². The van der Waals surface area contributed by atoms with E-state index in [2.05, 4.69) is 19.2 Å². The molecule has 0 aliphatic heterocycles. The van der Waals surface area contributed by atoms with Gasteiger partial charge in [-0.05, 0) is 52.9 Å². The van der Waals surface area contributed by atoms with Gasteiger partial charge in [0.25, 0.3) is 0 Å². The average molecular weight is 430 g/mol. The predicted molar refractivity (Wildman–Crippen MR) is 117 cm³/mol. The van der Waals surface area contributed by atoms with E-state index in [9.17, 15) is 19.5 Å². The number of carboxylic acid groups (broad SMARTS) is 1. The number of ether oxygens (including phenoxy) is 2. The van der Waals surface area contributed by atoms with Crippen LogP contribution in [0.5, 0.6) is 0 Å². The van der Waals surface area contributed by atoms with Gasteiger partial charge in [0.05, 0.1) is 5.92 Å². The van der Waals surface area contributed by atoms with Crippen LogP contribution in [-0.4, -0.2) is 40.9 Å². The molecule has 7 nitrogen and oxygen atoms in total. The van der Waals surface area contributed by atoms with Crippen molar-refractivity contribution >= 4 is 18.0 Å². The predicted octanol–water partition coefficient (Wildman–Crippen LogP) is 5.16. The van der Waals surface area contributed by atoms with Crippen molar-refractivity contribution in [3.8, 4) is 0 Å². The van der Waals surface area contributed by atoms with Crippen LogP contribution in [0.3, 0.4) is 0 Å². The molecule has 2 N–H and O–H groups in total. The average Bonchev–Trinajstić information content (AvgIpc) is 2.60. The molecule has 0 aliphatic rings. The second kappa shape index (κ2) is 13.5. The molecule has 0 aromatic carbocycles. The molecule has 1 amide bonds. The molecule has 0 rings (SSSR count). The lowest BCUT2D eigenvalue weighted by atomic mass is 9.85. The van der Waals surface area contributed by atoms with Crippen molar-refractivity contribution in [3.63, 3.8) is 0 Å². The molecule has 30 heavy (non-hydrogen) atoms. The minimum atomic E-state index is -1.01. The number of carbonyl (C=O) groups is 3. The maximum absolute atomic E-state index is 12.5. The monoisotopic (exact) mass is 429 g/mol. The molecule has 0 unspecified atom stereocenters. The Kier molecular flexibility index (Phi) is 12.7. The summed E-state index contributed by atoms with van der Waals surface area (Å²) in [7, 11) is 0. The van der Waals surface area contributed by atoms with Crippen LogP contribution in [0.4, 0.5) is 4.79 Å². The smallest absolute Gasteiger partial charge is 0.408 e. The number of amides is 1. The SMILES string of the molecule is CCCCCC[C@H](C)C[C@H](C)[C@@H](OC(=O)[C@H](C)NC(=O)OC(C)(C)C)[C@@H](C)C(=O)O. The summed E-state index contributed by atoms with van der Waals surface area (Å²) in [5.41, 5.74) is -0.685. The van der Waals surface area contributed by atoms with Crippen LogP contribution in [0.15, 0.2) is 0 Å². The third kappa shape index (κ3) is 12.0. The molecule has 0 saturated heterocycles. The summed E-state index contributed by atoms with van der Waals surface area (Å²) >= 11 is 0. The van der Waals surface area contributed by atoms with Gasteiger partial charge in [-0.2, -0.15) is 0 Å². The summed E-state index contributed by atoms with van der Waals surface area (Å²) in [5.74, 6) is -2.22. The quantitative estimate of drug-likeness (QED) is 0.309. The number of rotatable bonds is 13. The number of carbonyl (C=O) groups excluding carboxylic acids is 2. The highest BCUT2D eigenvalue weighted by atomic mass is 16.6. The van der Waals surface area contributed by atoms with E-state index < -0.39 is 41.7 Å². The Morgan fingerprint density at radius 3 is 2.10 bits per heavy atom. The van der Waals surface area contributed by atoms with E-state index in [4.69, 9.17) is 9.47 Å². The van der Waals surface area contributed by atoms with Gasteiger partial charge < -0.3 is 19.9 Å². The summed E-state index contributed by atoms with van der Waals surface area (Å²) in [6.45, 7) is 14.5. The number of alkyl carbamates (subject to hydrolysis) is 1. The molecular formula is C23H43NO6. The first-order valence-electron chi connectivity index (χ1n) is 11.2. The zero-order chi connectivity index (χ0) is 23.5. The second-order valence-electron chi connectivity index (χ2n) is 9.56. The highest BCUT2D eigenvalue weighted by molar-refractivity contribution is 5.81. The third-order valence-corrected chi connectivity index (χ3v) is 5.11. The van der Waals surface area contributed by atoms with Crippen LogP contribution >= 0.6 is 0 Å². The van der Waals surface area contributed by atoms with Gasteiger partial charge in [0.15, 0.2) is 0 Å². The molecular weight excluding hydrogens is 386 g/mol. The number of unbranched alkanes of at least 4 members (excludes halogenated alkanes) is 3. The Hall–Kier alpha value is -1.79. The van der Waals surface area contributed by atoms with E-state index in [0.717, 1.165) is 19.3 Å². The molecule has 0 aromatic heterocycles. The van der Waals surface area contributed by atoms with Crippen molar-refractivity contribution in [1.82, 2.24) is 5.32 Å². The standard InChI is InChI=1S/C23H43NO6/c1-9-10-11-12-13-15(2)14-16(3)19(17(4)20(25)26)29-21(27)18(5)24-22(28)30-23(6,7)8/h15-19H,9-14H2,1-8H3,(H,24,28)(H,25,26)/t15-,16-,17+,18-,19+/m0/s1. The molecule has 0 radical (unpaired) electrons. The van der Waals surface area contributed by atoms with Gasteiger partial charge in [0.2, 0.25) is 0 Å². The fourth-order valence-corrected chi connectivity index (χ4v) is 3.44. The van der Waals surface area contributed by atoms with E-state index >= 15 is 0 Å². The Balaban J connectivity index is 4.94. The Morgan fingerprint density at radius 1 is 1.00 bits per heavy atom. The summed E-state index contributed by atoms with van der Waals surface area (Å²) in [6, 6.07) is -0.943. The number of aliphatic carboxylic acids is 1. The minimum Gasteiger partial charge on any atom is -0.481 e. The lowest BCUT2D eigenvalue weighted by Crippen LogP contribution is -2.45. The molecule has 0 spiro atoms. The van der Waals surface area contributed by atoms with E-state index in [1.54, 1.807) is 27.7 Å². The van der Waals surface area contributed by atoms with Crippen molar-refractivity contribution in [3.05, 3.63) is 0 Å². The van der Waals surface area contributed by atoms with Crippen molar-refractivity contribution in [2.75, 3.05) is 0 Å². The highest BCUT2D eigenvalue weighted by Gasteiger charge is 2.34. The van der Waals surface area contributed by atoms with Gasteiger partial charge >= 0.3 is 18.0 Å². The van der Waals surface area contributed by atoms with E-state index in [1.165, 1.54) is 26.2 Å². The molecule has 176 valence electrons. The minimum absolute atomic E-state index is 0.116. The topological polar surface area (TPSA) is 102 Å². The van der Waals surface area contributed by atoms with E-state index in [0.29, 0.717) is 5.92 Å². The lowest BCUT2D eigenvalue weighted by molar-refractivity contribution is -0.163. The Morgan fingerprint density at radius 2 is 1.60 bits per heavy atom. The number of carboxylic acids is 1. The van der Waals surface area contributed by atoms with E-state index in [-0.39, 0.29) is 5.92 Å². The van der Waals surface area contributed by atoms with Crippen LogP contribution < -0.4 is 5.32 Å². The molecule has 0 fully saturated rings. The van der Waals surface area contributed by atoms with Crippen LogP contribution in [-0.2, 0) is 19.1 Å². The van der Waals surface area contributed by atoms with Crippen LogP contribution in [0.1, 0.15) is 93.9 Å². The fraction of sp³-hybridized carbons (Fsp3) is 0.870. The zero-order valence-electron chi connectivity index (χ0n) is 20.1. The van der Waals surface area contributed by atoms with Gasteiger partial charge in [-0.25, -0.2) is 9.59 Å². The summed E-state index contributed by atoms with van der Waals surface area (Å²) in [5, 5.41) is 11.9. The first-order chi connectivity index (χ1) is 13.8. The molecule has 0 aromatic rings. The number of esters is 1. The normalized spacial score (nSPS) is 16.7. The maximum Gasteiger partial charge on any atom is 0.408 e. The fourth-order valence-electron chi connectivity index (χ4n) is 3.44. The van der Waals surface area contributed by atoms with Crippen molar-refractivity contribution in [2.24, 2.45) is 17.8 Å². The lowest BCUT2D eigenvalue weighted by Gasteiger charge is -2.30. The highest BCUT2D eigenvalue weighted by Crippen LogP contribution is 2.27. The van der Waals surface area contributed by atoms with Crippen molar-refractivity contribution < 1.29 is 29.0 Å². The molecule has 0 heterocycles. The van der Waals surface area contributed by atoms with Gasteiger partial charge in [0.1, 0.15) is 17.7 Å². The Bertz CT molecular complexity index is 542. The van der Waals surface area contributed by atoms with Crippen LogP contribution in [0.25, 0.3) is 0 Å². The van der Waals surface area contributed by atoms with Gasteiger partial charge in [-0.1, -0.05) is 52.9 Å². The second-order valence-corrected chi connectivity index (χ2v) is 9.56. The molecule has 0 aliphatic carbocycles. The first-order valence-corrected chi connectivity index (χ1v) is 11.2. The Labute approximate surface area is 182 Å². The van der Waals surface area contributed by atoms with Crippen LogP contribution in [0.2, 0.25) is 0 Å². The summed E-state index contributed by atoms with van der Waals surface area (Å²) < 4.78 is 10.7. The largest absolute Gasteiger partial charge is 0.481 e. The van der Waals surface area contributed by atoms with E-state index in [1.807, 2.05) is 6.92 Å². The molecule has 7 heteroatoms. The molecule has 5 atom stereocenters. The van der Waals surface area contributed by atoms with Crippen LogP contribution in [0, 0.1) is 17.8 Å². The maximum atomic E-state index is 12.5. The number of nitrogens with one attached hydrogen (secondary N) is 1. The molecule has 0 saturated carbocycles. The summed E-state index contributed by atoms with van der Waals surface area (Å²) in [4.78, 5) is 36.0. The van der Waals surface area contributed by atoms with Crippen molar-refractivity contribution in [1.29, 1.82) is 0 Å². The zero-order valence-corrected chi connectivity index (χ0v) is 20.1. The number of hydrogen-bond donors (Lipinski definition) is 2. The third-order valence-electron chi connectivity index (χ3n) is 5.11.